The third-order valence-electron chi connectivity index (χ3n) is 3.38. The van der Waals surface area contributed by atoms with Crippen molar-refractivity contribution in [3.05, 3.63) is 29.8 Å². The molecule has 1 fully saturated rings. The maximum absolute atomic E-state index is 11.9. The van der Waals surface area contributed by atoms with Crippen LogP contribution in [-0.4, -0.2) is 47.1 Å². The maximum atomic E-state index is 11.9. The zero-order valence-corrected chi connectivity index (χ0v) is 10.5. The second-order valence-electron chi connectivity index (χ2n) is 5.16. The van der Waals surface area contributed by atoms with E-state index in [0.717, 1.165) is 19.4 Å². The van der Waals surface area contributed by atoms with Crippen LogP contribution < -0.4 is 0 Å². The standard InChI is InChI=1S/C14H19NO3/c1-15(8-10-6-13(17)7-10)9-14(18)11-2-4-12(16)5-3-11/h2-5,10,13,16-17H,6-9H2,1H3. The van der Waals surface area contributed by atoms with E-state index in [1.165, 1.54) is 12.1 Å². The number of aromatic hydroxyl groups is 1. The number of ketones is 1. The van der Waals surface area contributed by atoms with E-state index in [2.05, 4.69) is 0 Å². The molecule has 0 bridgehead atoms. The molecule has 98 valence electrons. The van der Waals surface area contributed by atoms with Gasteiger partial charge in [0.2, 0.25) is 0 Å². The van der Waals surface area contributed by atoms with E-state index < -0.39 is 0 Å². The van der Waals surface area contributed by atoms with Gasteiger partial charge in [0.25, 0.3) is 0 Å². The molecule has 0 heterocycles. The van der Waals surface area contributed by atoms with Crippen LogP contribution in [0.3, 0.4) is 0 Å². The number of carbonyl (C=O) groups is 1. The Morgan fingerprint density at radius 3 is 2.50 bits per heavy atom. The number of phenolic OH excluding ortho intramolecular Hbond substituents is 1. The summed E-state index contributed by atoms with van der Waals surface area (Å²) in [7, 11) is 1.92. The third-order valence-corrected chi connectivity index (χ3v) is 3.38. The topological polar surface area (TPSA) is 60.8 Å². The van der Waals surface area contributed by atoms with E-state index in [0.29, 0.717) is 18.0 Å². The molecule has 0 radical (unpaired) electrons. The predicted octanol–water partition coefficient (Wildman–Crippen LogP) is 1.28. The number of carbonyl (C=O) groups excluding carboxylic acids is 1. The first-order valence-corrected chi connectivity index (χ1v) is 6.23. The summed E-state index contributed by atoms with van der Waals surface area (Å²) in [5, 5.41) is 18.4. The SMILES string of the molecule is CN(CC(=O)c1ccc(O)cc1)CC1CC(O)C1. The Labute approximate surface area is 107 Å². The van der Waals surface area contributed by atoms with E-state index in [1.807, 2.05) is 11.9 Å². The fraction of sp³-hybridized carbons (Fsp3) is 0.500. The Hall–Kier alpha value is -1.39. The van der Waals surface area contributed by atoms with Gasteiger partial charge >= 0.3 is 0 Å². The number of hydrogen-bond donors (Lipinski definition) is 2. The van der Waals surface area contributed by atoms with Crippen molar-refractivity contribution in [3.63, 3.8) is 0 Å². The van der Waals surface area contributed by atoms with Crippen molar-refractivity contribution in [1.29, 1.82) is 0 Å². The van der Waals surface area contributed by atoms with Crippen molar-refractivity contribution >= 4 is 5.78 Å². The molecule has 18 heavy (non-hydrogen) atoms. The Balaban J connectivity index is 1.81. The van der Waals surface area contributed by atoms with Crippen molar-refractivity contribution < 1.29 is 15.0 Å². The Morgan fingerprint density at radius 1 is 1.33 bits per heavy atom. The van der Waals surface area contributed by atoms with Gasteiger partial charge in [-0.25, -0.2) is 0 Å². The molecule has 0 amide bonds. The lowest BCUT2D eigenvalue weighted by atomic mass is 9.82. The number of phenols is 1. The highest BCUT2D eigenvalue weighted by Crippen LogP contribution is 2.27. The van der Waals surface area contributed by atoms with Crippen LogP contribution in [0.15, 0.2) is 24.3 Å². The lowest BCUT2D eigenvalue weighted by molar-refractivity contribution is 0.0286. The summed E-state index contributed by atoms with van der Waals surface area (Å²) in [5.74, 6) is 0.735. The van der Waals surface area contributed by atoms with Crippen LogP contribution in [0.2, 0.25) is 0 Å². The van der Waals surface area contributed by atoms with E-state index >= 15 is 0 Å². The number of Topliss-reactive ketones (excluding diaryl/α,β-unsaturated/α-hetero) is 1. The zero-order valence-electron chi connectivity index (χ0n) is 10.5. The summed E-state index contributed by atoms with van der Waals surface area (Å²) in [6.07, 6.45) is 1.55. The number of aliphatic hydroxyl groups is 1. The summed E-state index contributed by atoms with van der Waals surface area (Å²) in [5.41, 5.74) is 0.619. The summed E-state index contributed by atoms with van der Waals surface area (Å²) >= 11 is 0. The first-order valence-electron chi connectivity index (χ1n) is 6.23. The summed E-state index contributed by atoms with van der Waals surface area (Å²) in [6.45, 7) is 1.22. The van der Waals surface area contributed by atoms with Gasteiger partial charge in [-0.1, -0.05) is 0 Å². The minimum absolute atomic E-state index is 0.0531. The lowest BCUT2D eigenvalue weighted by Gasteiger charge is -2.34. The molecule has 2 rings (SSSR count). The van der Waals surface area contributed by atoms with Gasteiger partial charge in [0.15, 0.2) is 5.78 Å². The Morgan fingerprint density at radius 2 is 1.94 bits per heavy atom. The molecular weight excluding hydrogens is 230 g/mol. The van der Waals surface area contributed by atoms with E-state index in [1.54, 1.807) is 12.1 Å². The molecule has 1 aliphatic carbocycles. The third kappa shape index (κ3) is 3.31. The van der Waals surface area contributed by atoms with Crippen LogP contribution in [0.5, 0.6) is 5.75 Å². The highest BCUT2D eigenvalue weighted by Gasteiger charge is 2.28. The molecule has 2 N–H and O–H groups in total. The van der Waals surface area contributed by atoms with Gasteiger partial charge in [-0.3, -0.25) is 9.69 Å². The second kappa shape index (κ2) is 5.50. The number of aliphatic hydroxyl groups excluding tert-OH is 1. The molecule has 0 aromatic heterocycles. The van der Waals surface area contributed by atoms with Gasteiger partial charge in [0.1, 0.15) is 5.75 Å². The smallest absolute Gasteiger partial charge is 0.176 e. The fourth-order valence-corrected chi connectivity index (χ4v) is 2.34. The summed E-state index contributed by atoms with van der Waals surface area (Å²) in [6, 6.07) is 6.32. The monoisotopic (exact) mass is 249 g/mol. The van der Waals surface area contributed by atoms with Crippen molar-refractivity contribution in [1.82, 2.24) is 4.90 Å². The number of rotatable bonds is 5. The van der Waals surface area contributed by atoms with E-state index in [9.17, 15) is 9.90 Å². The van der Waals surface area contributed by atoms with Crippen molar-refractivity contribution in [2.45, 2.75) is 18.9 Å². The predicted molar refractivity (Wildman–Crippen MR) is 68.7 cm³/mol. The van der Waals surface area contributed by atoms with Gasteiger partial charge in [-0.15, -0.1) is 0 Å². The quantitative estimate of drug-likeness (QED) is 0.772. The van der Waals surface area contributed by atoms with E-state index in [4.69, 9.17) is 5.11 Å². The minimum Gasteiger partial charge on any atom is -0.508 e. The van der Waals surface area contributed by atoms with Crippen LogP contribution in [0, 0.1) is 5.92 Å². The number of hydrogen-bond acceptors (Lipinski definition) is 4. The minimum atomic E-state index is -0.142. The number of nitrogens with zero attached hydrogens (tertiary/aromatic N) is 1. The molecule has 1 aliphatic rings. The molecule has 1 aromatic rings. The van der Waals surface area contributed by atoms with Crippen LogP contribution >= 0.6 is 0 Å². The highest BCUT2D eigenvalue weighted by molar-refractivity contribution is 5.97. The molecule has 0 spiro atoms. The zero-order chi connectivity index (χ0) is 13.1. The molecule has 0 saturated heterocycles. The molecule has 1 saturated carbocycles. The van der Waals surface area contributed by atoms with Crippen molar-refractivity contribution in [3.8, 4) is 5.75 Å². The molecule has 4 nitrogen and oxygen atoms in total. The van der Waals surface area contributed by atoms with Crippen molar-refractivity contribution in [2.75, 3.05) is 20.1 Å². The molecule has 0 aliphatic heterocycles. The molecule has 4 heteroatoms. The van der Waals surface area contributed by atoms with Gasteiger partial charge in [0, 0.05) is 12.1 Å². The maximum Gasteiger partial charge on any atom is 0.176 e. The normalized spacial score (nSPS) is 22.8. The largest absolute Gasteiger partial charge is 0.508 e. The van der Waals surface area contributed by atoms with Crippen molar-refractivity contribution in [2.24, 2.45) is 5.92 Å². The Kier molecular flexibility index (Phi) is 3.99. The van der Waals surface area contributed by atoms with Crippen LogP contribution in [0.1, 0.15) is 23.2 Å². The number of benzene rings is 1. The van der Waals surface area contributed by atoms with Gasteiger partial charge in [0.05, 0.1) is 12.6 Å². The molecule has 0 unspecified atom stereocenters. The lowest BCUT2D eigenvalue weighted by Crippen LogP contribution is -2.38. The van der Waals surface area contributed by atoms with Crippen LogP contribution in [-0.2, 0) is 0 Å². The average molecular weight is 249 g/mol. The Bertz CT molecular complexity index is 410. The molecule has 0 atom stereocenters. The van der Waals surface area contributed by atoms with Crippen LogP contribution in [0.25, 0.3) is 0 Å². The molecular formula is C14H19NO3. The first kappa shape index (κ1) is 13.1. The van der Waals surface area contributed by atoms with E-state index in [-0.39, 0.29) is 17.6 Å². The molecule has 1 aromatic carbocycles. The highest BCUT2D eigenvalue weighted by atomic mass is 16.3. The van der Waals surface area contributed by atoms with Gasteiger partial charge in [-0.05, 0) is 50.1 Å². The van der Waals surface area contributed by atoms with Crippen LogP contribution in [0.4, 0.5) is 0 Å². The number of likely N-dealkylation sites (N-methyl/N-ethyl adjacent to an activating group) is 1. The summed E-state index contributed by atoms with van der Waals surface area (Å²) in [4.78, 5) is 13.9. The second-order valence-corrected chi connectivity index (χ2v) is 5.16. The summed E-state index contributed by atoms with van der Waals surface area (Å²) < 4.78 is 0. The van der Waals surface area contributed by atoms with Gasteiger partial charge < -0.3 is 10.2 Å². The first-order chi connectivity index (χ1) is 8.54. The average Bonchev–Trinajstić information content (AvgIpc) is 2.27. The fourth-order valence-electron chi connectivity index (χ4n) is 2.34. The van der Waals surface area contributed by atoms with Gasteiger partial charge in [-0.2, -0.15) is 0 Å².